The van der Waals surface area contributed by atoms with Crippen molar-refractivity contribution < 1.29 is 14.2 Å². The molecule has 0 radical (unpaired) electrons. The number of methoxy groups -OCH3 is 1. The maximum absolute atomic E-state index is 6.12. The monoisotopic (exact) mass is 278 g/mol. The summed E-state index contributed by atoms with van der Waals surface area (Å²) >= 11 is 6.12. The standard InChI is InChI=1S/C14H27ClO3/c1-3-4-5-6-7-8-17-13-11-12(15)14(13)18-10-9-16-2/h12-14H,3-11H2,1-2H3. The van der Waals surface area contributed by atoms with E-state index in [2.05, 4.69) is 6.92 Å². The van der Waals surface area contributed by atoms with E-state index in [1.807, 2.05) is 0 Å². The summed E-state index contributed by atoms with van der Waals surface area (Å²) in [6, 6.07) is 0. The smallest absolute Gasteiger partial charge is 0.100 e. The van der Waals surface area contributed by atoms with Crippen LogP contribution in [0, 0.1) is 0 Å². The average Bonchev–Trinajstić information content (AvgIpc) is 2.37. The lowest BCUT2D eigenvalue weighted by Crippen LogP contribution is -2.51. The van der Waals surface area contributed by atoms with Gasteiger partial charge in [0.25, 0.3) is 0 Å². The summed E-state index contributed by atoms with van der Waals surface area (Å²) in [5, 5.41) is 0.104. The maximum atomic E-state index is 6.12. The molecule has 1 rings (SSSR count). The first kappa shape index (κ1) is 16.2. The minimum atomic E-state index is 0.0532. The van der Waals surface area contributed by atoms with Gasteiger partial charge in [-0.2, -0.15) is 0 Å². The van der Waals surface area contributed by atoms with E-state index in [0.717, 1.165) is 19.4 Å². The van der Waals surface area contributed by atoms with Crippen molar-refractivity contribution in [3.05, 3.63) is 0 Å². The van der Waals surface area contributed by atoms with Gasteiger partial charge in [0.2, 0.25) is 0 Å². The fourth-order valence-electron chi connectivity index (χ4n) is 2.11. The molecule has 0 N–H and O–H groups in total. The maximum Gasteiger partial charge on any atom is 0.100 e. The minimum Gasteiger partial charge on any atom is -0.382 e. The van der Waals surface area contributed by atoms with E-state index in [9.17, 15) is 0 Å². The molecule has 0 aromatic heterocycles. The summed E-state index contributed by atoms with van der Waals surface area (Å²) in [6.45, 7) is 4.28. The molecule has 108 valence electrons. The lowest BCUT2D eigenvalue weighted by atomic mass is 9.91. The molecule has 1 aliphatic carbocycles. The van der Waals surface area contributed by atoms with Gasteiger partial charge in [-0.1, -0.05) is 32.6 Å². The van der Waals surface area contributed by atoms with Crippen LogP contribution in [0.25, 0.3) is 0 Å². The van der Waals surface area contributed by atoms with Crippen LogP contribution in [0.4, 0.5) is 0 Å². The number of rotatable bonds is 11. The normalized spacial score (nSPS) is 27.2. The molecule has 1 saturated carbocycles. The van der Waals surface area contributed by atoms with E-state index >= 15 is 0 Å². The van der Waals surface area contributed by atoms with Crippen LogP contribution in [0.3, 0.4) is 0 Å². The van der Waals surface area contributed by atoms with Crippen molar-refractivity contribution in [1.82, 2.24) is 0 Å². The van der Waals surface area contributed by atoms with Gasteiger partial charge in [0, 0.05) is 13.7 Å². The van der Waals surface area contributed by atoms with Gasteiger partial charge >= 0.3 is 0 Å². The second kappa shape index (κ2) is 10.0. The molecule has 0 aromatic rings. The summed E-state index contributed by atoms with van der Waals surface area (Å²) in [4.78, 5) is 0. The molecule has 0 saturated heterocycles. The van der Waals surface area contributed by atoms with E-state index in [0.29, 0.717) is 13.2 Å². The van der Waals surface area contributed by atoms with Gasteiger partial charge < -0.3 is 14.2 Å². The van der Waals surface area contributed by atoms with Crippen molar-refractivity contribution in [3.8, 4) is 0 Å². The van der Waals surface area contributed by atoms with Crippen molar-refractivity contribution in [3.63, 3.8) is 0 Å². The van der Waals surface area contributed by atoms with Crippen molar-refractivity contribution in [2.45, 2.75) is 63.0 Å². The van der Waals surface area contributed by atoms with Gasteiger partial charge in [0.15, 0.2) is 0 Å². The second-order valence-electron chi connectivity index (χ2n) is 4.90. The SMILES string of the molecule is CCCCCCCOC1CC(Cl)C1OCCOC. The number of alkyl halides is 1. The van der Waals surface area contributed by atoms with Crippen LogP contribution >= 0.6 is 11.6 Å². The van der Waals surface area contributed by atoms with Gasteiger partial charge in [0.1, 0.15) is 6.10 Å². The quantitative estimate of drug-likeness (QED) is 0.428. The van der Waals surface area contributed by atoms with E-state index in [4.69, 9.17) is 25.8 Å². The fraction of sp³-hybridized carbons (Fsp3) is 1.00. The van der Waals surface area contributed by atoms with Crippen LogP contribution in [0.15, 0.2) is 0 Å². The zero-order chi connectivity index (χ0) is 13.2. The topological polar surface area (TPSA) is 27.7 Å². The van der Waals surface area contributed by atoms with Crippen molar-refractivity contribution in [1.29, 1.82) is 0 Å². The molecule has 3 atom stereocenters. The third-order valence-electron chi connectivity index (χ3n) is 3.36. The number of hydrogen-bond donors (Lipinski definition) is 0. The van der Waals surface area contributed by atoms with Crippen LogP contribution in [-0.2, 0) is 14.2 Å². The molecule has 1 fully saturated rings. The highest BCUT2D eigenvalue weighted by atomic mass is 35.5. The summed E-state index contributed by atoms with van der Waals surface area (Å²) in [5.74, 6) is 0. The first-order chi connectivity index (χ1) is 8.79. The third-order valence-corrected chi connectivity index (χ3v) is 3.78. The van der Waals surface area contributed by atoms with Crippen LogP contribution in [-0.4, -0.2) is 44.5 Å². The molecular weight excluding hydrogens is 252 g/mol. The zero-order valence-corrected chi connectivity index (χ0v) is 12.5. The molecule has 18 heavy (non-hydrogen) atoms. The highest BCUT2D eigenvalue weighted by Crippen LogP contribution is 2.32. The Morgan fingerprint density at radius 2 is 1.78 bits per heavy atom. The summed E-state index contributed by atoms with van der Waals surface area (Å²) in [6.07, 6.45) is 7.50. The Balaban J connectivity index is 2.00. The Morgan fingerprint density at radius 3 is 2.44 bits per heavy atom. The molecule has 0 spiro atoms. The third kappa shape index (κ3) is 5.87. The molecule has 0 heterocycles. The van der Waals surface area contributed by atoms with Crippen LogP contribution in [0.2, 0.25) is 0 Å². The van der Waals surface area contributed by atoms with Gasteiger partial charge in [0.05, 0.1) is 24.7 Å². The van der Waals surface area contributed by atoms with E-state index in [-0.39, 0.29) is 17.6 Å². The number of ether oxygens (including phenoxy) is 3. The van der Waals surface area contributed by atoms with Crippen LogP contribution < -0.4 is 0 Å². The predicted octanol–water partition coefficient (Wildman–Crippen LogP) is 3.38. The number of unbranched alkanes of at least 4 members (excludes halogenated alkanes) is 4. The Morgan fingerprint density at radius 1 is 1.00 bits per heavy atom. The zero-order valence-electron chi connectivity index (χ0n) is 11.7. The Kier molecular flexibility index (Phi) is 9.03. The average molecular weight is 279 g/mol. The van der Waals surface area contributed by atoms with E-state index in [1.54, 1.807) is 7.11 Å². The molecular formula is C14H27ClO3. The summed E-state index contributed by atoms with van der Waals surface area (Å²) < 4.78 is 16.4. The Labute approximate surface area is 116 Å². The highest BCUT2D eigenvalue weighted by Gasteiger charge is 2.41. The van der Waals surface area contributed by atoms with Crippen molar-refractivity contribution in [2.75, 3.05) is 26.9 Å². The molecule has 4 heteroatoms. The van der Waals surface area contributed by atoms with Crippen molar-refractivity contribution in [2.24, 2.45) is 0 Å². The molecule has 0 amide bonds. The summed E-state index contributed by atoms with van der Waals surface area (Å²) in [7, 11) is 1.67. The number of hydrogen-bond acceptors (Lipinski definition) is 3. The van der Waals surface area contributed by atoms with Crippen molar-refractivity contribution >= 4 is 11.6 Å². The first-order valence-electron chi connectivity index (χ1n) is 7.15. The lowest BCUT2D eigenvalue weighted by molar-refractivity contribution is -0.130. The van der Waals surface area contributed by atoms with Gasteiger partial charge in [-0.3, -0.25) is 0 Å². The Hall–Kier alpha value is 0.170. The van der Waals surface area contributed by atoms with E-state index in [1.165, 1.54) is 25.7 Å². The molecule has 1 aliphatic rings. The number of halogens is 1. The molecule has 0 bridgehead atoms. The van der Waals surface area contributed by atoms with E-state index < -0.39 is 0 Å². The minimum absolute atomic E-state index is 0.0532. The lowest BCUT2D eigenvalue weighted by Gasteiger charge is -2.40. The van der Waals surface area contributed by atoms with Gasteiger partial charge in [-0.05, 0) is 12.8 Å². The second-order valence-corrected chi connectivity index (χ2v) is 5.46. The van der Waals surface area contributed by atoms with Gasteiger partial charge in [-0.25, -0.2) is 0 Å². The molecule has 0 aromatic carbocycles. The largest absolute Gasteiger partial charge is 0.382 e. The highest BCUT2D eigenvalue weighted by molar-refractivity contribution is 6.21. The Bertz CT molecular complexity index is 201. The molecule has 0 aliphatic heterocycles. The summed E-state index contributed by atoms with van der Waals surface area (Å²) in [5.41, 5.74) is 0. The van der Waals surface area contributed by atoms with Gasteiger partial charge in [-0.15, -0.1) is 11.6 Å². The molecule has 3 unspecified atom stereocenters. The van der Waals surface area contributed by atoms with Crippen LogP contribution in [0.1, 0.15) is 45.4 Å². The predicted molar refractivity (Wildman–Crippen MR) is 74.4 cm³/mol. The van der Waals surface area contributed by atoms with Crippen LogP contribution in [0.5, 0.6) is 0 Å². The first-order valence-corrected chi connectivity index (χ1v) is 7.59. The fourth-order valence-corrected chi connectivity index (χ4v) is 2.52. The molecule has 3 nitrogen and oxygen atoms in total.